The van der Waals surface area contributed by atoms with Gasteiger partial charge in [-0.2, -0.15) is 0 Å². The molecule has 7 heteroatoms. The lowest BCUT2D eigenvalue weighted by Gasteiger charge is -2.25. The number of nitrogens with zero attached hydrogens (tertiary/aromatic N) is 1. The van der Waals surface area contributed by atoms with E-state index in [1.807, 2.05) is 49.4 Å². The SMILES string of the molecule is CCCCOc1ccc([C@@H]2C(=C(O)c3ccc(OCc4cccc(C)c4)cc3)C(=O)C(=O)N2CCOC)cc1. The van der Waals surface area contributed by atoms with Gasteiger partial charge < -0.3 is 24.2 Å². The molecule has 3 aromatic rings. The van der Waals surface area contributed by atoms with Gasteiger partial charge in [-0.05, 0) is 60.9 Å². The highest BCUT2D eigenvalue weighted by Crippen LogP contribution is 2.39. The van der Waals surface area contributed by atoms with Crippen LogP contribution in [0.25, 0.3) is 5.76 Å². The average molecular weight is 530 g/mol. The molecule has 1 N–H and O–H groups in total. The van der Waals surface area contributed by atoms with Crippen molar-refractivity contribution in [3.05, 3.63) is 101 Å². The van der Waals surface area contributed by atoms with E-state index in [-0.39, 0.29) is 24.5 Å². The molecule has 39 heavy (non-hydrogen) atoms. The summed E-state index contributed by atoms with van der Waals surface area (Å²) < 4.78 is 16.8. The van der Waals surface area contributed by atoms with E-state index >= 15 is 0 Å². The Kier molecular flexibility index (Phi) is 9.39. The predicted octanol–water partition coefficient (Wildman–Crippen LogP) is 5.82. The van der Waals surface area contributed by atoms with Crippen LogP contribution in [0.1, 0.15) is 48.1 Å². The molecule has 1 amide bonds. The largest absolute Gasteiger partial charge is 0.507 e. The van der Waals surface area contributed by atoms with Gasteiger partial charge in [0.25, 0.3) is 11.7 Å². The van der Waals surface area contributed by atoms with Crippen molar-refractivity contribution in [3.8, 4) is 11.5 Å². The monoisotopic (exact) mass is 529 g/mol. The number of ketones is 1. The third kappa shape index (κ3) is 6.67. The lowest BCUT2D eigenvalue weighted by atomic mass is 9.95. The topological polar surface area (TPSA) is 85.3 Å². The van der Waals surface area contributed by atoms with E-state index < -0.39 is 17.7 Å². The van der Waals surface area contributed by atoms with Crippen molar-refractivity contribution in [1.82, 2.24) is 4.90 Å². The molecular formula is C32H35NO6. The van der Waals surface area contributed by atoms with E-state index in [9.17, 15) is 14.7 Å². The maximum absolute atomic E-state index is 13.2. The summed E-state index contributed by atoms with van der Waals surface area (Å²) in [6.45, 7) is 5.63. The highest BCUT2D eigenvalue weighted by molar-refractivity contribution is 6.46. The Balaban J connectivity index is 1.60. The molecule has 0 aliphatic carbocycles. The molecule has 7 nitrogen and oxygen atoms in total. The summed E-state index contributed by atoms with van der Waals surface area (Å²) in [5.74, 6) is -0.283. The van der Waals surface area contributed by atoms with Crippen LogP contribution >= 0.6 is 0 Å². The van der Waals surface area contributed by atoms with Gasteiger partial charge in [0.05, 0.1) is 24.8 Å². The molecule has 0 radical (unpaired) electrons. The standard InChI is InChI=1S/C32H35NO6/c1-4-5-18-38-26-13-9-24(10-14-26)29-28(31(35)32(36)33(29)17-19-37-3)30(34)25-11-15-27(16-12-25)39-21-23-8-6-7-22(2)20-23/h6-16,20,29,34H,4-5,17-19,21H2,1-3H3/t29-/m1/s1. The summed E-state index contributed by atoms with van der Waals surface area (Å²) in [5.41, 5.74) is 3.38. The van der Waals surface area contributed by atoms with Crippen LogP contribution in [0.15, 0.2) is 78.4 Å². The second-order valence-corrected chi connectivity index (χ2v) is 9.56. The third-order valence-electron chi connectivity index (χ3n) is 6.65. The summed E-state index contributed by atoms with van der Waals surface area (Å²) in [6.07, 6.45) is 1.99. The number of methoxy groups -OCH3 is 1. The van der Waals surface area contributed by atoms with Crippen molar-refractivity contribution in [2.75, 3.05) is 26.9 Å². The Bertz CT molecular complexity index is 1310. The van der Waals surface area contributed by atoms with Gasteiger partial charge in [0.1, 0.15) is 23.9 Å². The van der Waals surface area contributed by atoms with Crippen LogP contribution in [0, 0.1) is 6.92 Å². The molecule has 1 aliphatic heterocycles. The molecule has 1 aliphatic rings. The Labute approximate surface area is 229 Å². The second-order valence-electron chi connectivity index (χ2n) is 9.56. The minimum atomic E-state index is -0.748. The lowest BCUT2D eigenvalue weighted by molar-refractivity contribution is -0.140. The number of Topliss-reactive ketones (excluding diaryl/α,β-unsaturated/α-hetero) is 1. The molecule has 1 heterocycles. The van der Waals surface area contributed by atoms with Gasteiger partial charge in [-0.1, -0.05) is 55.3 Å². The zero-order valence-electron chi connectivity index (χ0n) is 22.7. The van der Waals surface area contributed by atoms with Gasteiger partial charge in [0.2, 0.25) is 0 Å². The van der Waals surface area contributed by atoms with Crippen LogP contribution in [-0.2, 0) is 20.9 Å². The Morgan fingerprint density at radius 2 is 1.62 bits per heavy atom. The maximum Gasteiger partial charge on any atom is 0.295 e. The molecule has 1 atom stereocenters. The van der Waals surface area contributed by atoms with E-state index in [4.69, 9.17) is 14.2 Å². The Hall–Kier alpha value is -4.10. The summed E-state index contributed by atoms with van der Waals surface area (Å²) >= 11 is 0. The number of ether oxygens (including phenoxy) is 3. The first-order chi connectivity index (χ1) is 18.9. The fourth-order valence-electron chi connectivity index (χ4n) is 4.56. The molecule has 1 saturated heterocycles. The predicted molar refractivity (Wildman–Crippen MR) is 150 cm³/mol. The van der Waals surface area contributed by atoms with Crippen molar-refractivity contribution in [1.29, 1.82) is 0 Å². The van der Waals surface area contributed by atoms with Crippen LogP contribution < -0.4 is 9.47 Å². The lowest BCUT2D eigenvalue weighted by Crippen LogP contribution is -2.32. The van der Waals surface area contributed by atoms with Gasteiger partial charge in [-0.3, -0.25) is 9.59 Å². The summed E-state index contributed by atoms with van der Waals surface area (Å²) in [4.78, 5) is 27.6. The first kappa shape index (κ1) is 27.9. The number of amides is 1. The number of carbonyl (C=O) groups excluding carboxylic acids is 2. The van der Waals surface area contributed by atoms with Gasteiger partial charge in [0, 0.05) is 19.2 Å². The zero-order valence-corrected chi connectivity index (χ0v) is 22.7. The third-order valence-corrected chi connectivity index (χ3v) is 6.65. The number of rotatable bonds is 12. The smallest absolute Gasteiger partial charge is 0.295 e. The van der Waals surface area contributed by atoms with Crippen molar-refractivity contribution in [2.24, 2.45) is 0 Å². The summed E-state index contributed by atoms with van der Waals surface area (Å²) in [7, 11) is 1.54. The fourth-order valence-corrected chi connectivity index (χ4v) is 4.56. The molecule has 0 saturated carbocycles. The first-order valence-electron chi connectivity index (χ1n) is 13.2. The Morgan fingerprint density at radius 3 is 2.28 bits per heavy atom. The van der Waals surface area contributed by atoms with Crippen molar-refractivity contribution >= 4 is 17.4 Å². The quantitative estimate of drug-likeness (QED) is 0.138. The molecule has 204 valence electrons. The minimum absolute atomic E-state index is 0.0455. The van der Waals surface area contributed by atoms with Crippen LogP contribution in [0.5, 0.6) is 11.5 Å². The van der Waals surface area contributed by atoms with E-state index in [1.54, 1.807) is 24.3 Å². The first-order valence-corrected chi connectivity index (χ1v) is 13.2. The maximum atomic E-state index is 13.2. The van der Waals surface area contributed by atoms with Crippen LogP contribution in [0.4, 0.5) is 0 Å². The van der Waals surface area contributed by atoms with Gasteiger partial charge >= 0.3 is 0 Å². The highest BCUT2D eigenvalue weighted by atomic mass is 16.5. The number of hydrogen-bond acceptors (Lipinski definition) is 6. The number of aliphatic hydroxyl groups excluding tert-OH is 1. The van der Waals surface area contributed by atoms with Gasteiger partial charge in [-0.15, -0.1) is 0 Å². The van der Waals surface area contributed by atoms with Gasteiger partial charge in [-0.25, -0.2) is 0 Å². The second kappa shape index (κ2) is 13.1. The molecule has 0 unspecified atom stereocenters. The number of carbonyl (C=O) groups is 2. The van der Waals surface area contributed by atoms with E-state index in [1.165, 1.54) is 12.0 Å². The van der Waals surface area contributed by atoms with Crippen molar-refractivity contribution in [2.45, 2.75) is 39.3 Å². The zero-order chi connectivity index (χ0) is 27.8. The molecule has 0 bridgehead atoms. The van der Waals surface area contributed by atoms with Crippen molar-refractivity contribution in [3.63, 3.8) is 0 Å². The molecular weight excluding hydrogens is 494 g/mol. The average Bonchev–Trinajstić information content (AvgIpc) is 3.20. The number of aryl methyl sites for hydroxylation is 1. The fraction of sp³-hybridized carbons (Fsp3) is 0.312. The highest BCUT2D eigenvalue weighted by Gasteiger charge is 2.45. The van der Waals surface area contributed by atoms with Crippen LogP contribution in [0.3, 0.4) is 0 Å². The number of benzene rings is 3. The summed E-state index contributed by atoms with van der Waals surface area (Å²) in [5, 5.41) is 11.3. The minimum Gasteiger partial charge on any atom is -0.507 e. The molecule has 0 aromatic heterocycles. The van der Waals surface area contributed by atoms with E-state index in [0.717, 1.165) is 24.0 Å². The van der Waals surface area contributed by atoms with Gasteiger partial charge in [0.15, 0.2) is 0 Å². The van der Waals surface area contributed by atoms with Crippen LogP contribution in [0.2, 0.25) is 0 Å². The van der Waals surface area contributed by atoms with E-state index in [0.29, 0.717) is 35.8 Å². The molecule has 0 spiro atoms. The Morgan fingerprint density at radius 1 is 0.923 bits per heavy atom. The molecule has 4 rings (SSSR count). The number of likely N-dealkylation sites (tertiary alicyclic amines) is 1. The number of unbranched alkanes of at least 4 members (excludes halogenated alkanes) is 1. The normalized spacial score (nSPS) is 16.5. The number of aliphatic hydroxyl groups is 1. The van der Waals surface area contributed by atoms with Crippen molar-refractivity contribution < 1.29 is 28.9 Å². The van der Waals surface area contributed by atoms with Crippen LogP contribution in [-0.4, -0.2) is 48.6 Å². The summed E-state index contributed by atoms with van der Waals surface area (Å²) in [6, 6.07) is 21.5. The molecule has 1 fully saturated rings. The molecule has 3 aromatic carbocycles. The van der Waals surface area contributed by atoms with E-state index in [2.05, 4.69) is 13.0 Å². The number of hydrogen-bond donors (Lipinski definition) is 1.